The van der Waals surface area contributed by atoms with Gasteiger partial charge >= 0.3 is 17.1 Å². The summed E-state index contributed by atoms with van der Waals surface area (Å²) in [6.45, 7) is 44.9. The van der Waals surface area contributed by atoms with Crippen molar-refractivity contribution in [1.82, 2.24) is 0 Å². The fourth-order valence-electron chi connectivity index (χ4n) is 5.77. The lowest BCUT2D eigenvalue weighted by molar-refractivity contribution is 0.403. The Morgan fingerprint density at radius 2 is 0.727 bits per heavy atom. The molecule has 0 amide bonds. The van der Waals surface area contributed by atoms with Gasteiger partial charge in [0, 0.05) is 0 Å². The summed E-state index contributed by atoms with van der Waals surface area (Å²) in [6, 6.07) is 13.6. The Morgan fingerprint density at radius 3 is 1.02 bits per heavy atom. The Hall–Kier alpha value is -0.419. The van der Waals surface area contributed by atoms with E-state index < -0.39 is 50.4 Å². The lowest BCUT2D eigenvalue weighted by Gasteiger charge is -2.39. The van der Waals surface area contributed by atoms with Gasteiger partial charge < -0.3 is 16.5 Å². The second kappa shape index (κ2) is 15.2. The first kappa shape index (κ1) is 41.6. The van der Waals surface area contributed by atoms with Crippen LogP contribution in [-0.4, -0.2) is 50.4 Å². The zero-order chi connectivity index (χ0) is 34.7. The van der Waals surface area contributed by atoms with Crippen molar-refractivity contribution in [2.45, 2.75) is 145 Å². The van der Waals surface area contributed by atoms with Crippen molar-refractivity contribution in [3.05, 3.63) is 58.7 Å². The quantitative estimate of drug-likeness (QED) is 0.206. The van der Waals surface area contributed by atoms with Gasteiger partial charge in [-0.05, 0) is 150 Å². The smallest absolute Gasteiger partial charge is 0.348 e. The highest BCUT2D eigenvalue weighted by molar-refractivity contribution is 6.95. The van der Waals surface area contributed by atoms with E-state index in [2.05, 4.69) is 170 Å². The van der Waals surface area contributed by atoms with Crippen molar-refractivity contribution in [2.75, 3.05) is 0 Å². The van der Waals surface area contributed by atoms with E-state index in [-0.39, 0.29) is 0 Å². The van der Waals surface area contributed by atoms with Crippen molar-refractivity contribution in [3.8, 4) is 0 Å². The molecule has 4 nitrogen and oxygen atoms in total. The first-order valence-corrected chi connectivity index (χ1v) is 34.8. The molecule has 0 spiro atoms. The molecule has 0 fully saturated rings. The number of hydrogen-bond acceptors (Lipinski definition) is 4. The molecular weight excluding hydrogens is 641 g/mol. The summed E-state index contributed by atoms with van der Waals surface area (Å²) in [6.07, 6.45) is 0. The van der Waals surface area contributed by atoms with Gasteiger partial charge in [-0.3, -0.25) is 0 Å². The van der Waals surface area contributed by atoms with E-state index in [1.165, 1.54) is 32.6 Å². The maximum atomic E-state index is 6.65. The second-order valence-corrected chi connectivity index (χ2v) is 42.3. The molecule has 10 heteroatoms. The predicted molar refractivity (Wildman–Crippen MR) is 211 cm³/mol. The van der Waals surface area contributed by atoms with Crippen LogP contribution >= 0.6 is 0 Å². The molecule has 44 heavy (non-hydrogen) atoms. The lowest BCUT2D eigenvalue weighted by Crippen LogP contribution is -2.60. The van der Waals surface area contributed by atoms with E-state index in [4.69, 9.17) is 16.5 Å². The summed E-state index contributed by atoms with van der Waals surface area (Å²) in [5, 5.41) is 2.56. The Balaban J connectivity index is 0.000000440. The monoisotopic (exact) mass is 708 g/mol. The zero-order valence-electron chi connectivity index (χ0n) is 32.3. The van der Waals surface area contributed by atoms with Gasteiger partial charge in [-0.15, -0.1) is 0 Å². The molecule has 0 N–H and O–H groups in total. The largest absolute Gasteiger partial charge is 0.433 e. The van der Waals surface area contributed by atoms with Crippen molar-refractivity contribution in [2.24, 2.45) is 0 Å². The summed E-state index contributed by atoms with van der Waals surface area (Å²) in [4.78, 5) is 0. The third kappa shape index (κ3) is 14.1. The van der Waals surface area contributed by atoms with Crippen molar-refractivity contribution in [1.29, 1.82) is 0 Å². The van der Waals surface area contributed by atoms with Crippen LogP contribution in [0.15, 0.2) is 36.4 Å². The van der Waals surface area contributed by atoms with Crippen LogP contribution in [0.1, 0.15) is 61.8 Å². The van der Waals surface area contributed by atoms with Gasteiger partial charge in [-0.25, -0.2) is 0 Å². The Kier molecular flexibility index (Phi) is 14.4. The molecule has 0 heterocycles. The molecular formula is C34H68O4Si6. The molecule has 0 radical (unpaired) electrons. The van der Waals surface area contributed by atoms with Crippen molar-refractivity contribution >= 4 is 60.8 Å². The Bertz CT molecular complexity index is 1190. The van der Waals surface area contributed by atoms with Gasteiger partial charge in [-0.2, -0.15) is 0 Å². The minimum absolute atomic E-state index is 0.525. The molecule has 2 aromatic rings. The minimum atomic E-state index is -2.37. The molecule has 0 aliphatic carbocycles. The topological polar surface area (TPSA) is 36.9 Å². The molecule has 2 rings (SSSR count). The molecule has 0 aliphatic rings. The van der Waals surface area contributed by atoms with Gasteiger partial charge in [0.1, 0.15) is 0 Å². The number of aryl methyl sites for hydroxylation is 2. The van der Waals surface area contributed by atoms with Crippen LogP contribution in [0.3, 0.4) is 0 Å². The molecule has 252 valence electrons. The molecule has 0 aromatic heterocycles. The Morgan fingerprint density at radius 1 is 0.409 bits per heavy atom. The normalized spacial score (nSPS) is 13.8. The third-order valence-electron chi connectivity index (χ3n) is 6.85. The highest BCUT2D eigenvalue weighted by atomic mass is 28.5. The predicted octanol–water partition coefficient (Wildman–Crippen LogP) is 10.2. The van der Waals surface area contributed by atoms with Gasteiger partial charge in [-0.1, -0.05) is 64.1 Å². The van der Waals surface area contributed by atoms with Gasteiger partial charge in [0.25, 0.3) is 0 Å². The standard InChI is InChI=1S/2C17H34O2Si3/c1-14(2)17-12-11-16(13-15(17)3)22(10,18-20(4,5)6)19-21(7,8)9;1-14(2)17-13-16(12-11-15(17)3)22(10,18-20(4,5)6)19-21(7,8)9/h2*11-14H,1-10H3. The fourth-order valence-corrected chi connectivity index (χ4v) is 29.1. The molecule has 2 aromatic carbocycles. The summed E-state index contributed by atoms with van der Waals surface area (Å²) in [7, 11) is -11.4. The van der Waals surface area contributed by atoms with Gasteiger partial charge in [0.15, 0.2) is 33.3 Å². The minimum Gasteiger partial charge on any atom is -0.433 e. The van der Waals surface area contributed by atoms with Crippen LogP contribution in [0, 0.1) is 13.8 Å². The molecule has 0 atom stereocenters. The van der Waals surface area contributed by atoms with E-state index in [9.17, 15) is 0 Å². The van der Waals surface area contributed by atoms with Crippen LogP contribution in [0.4, 0.5) is 0 Å². The maximum Gasteiger partial charge on any atom is 0.348 e. The van der Waals surface area contributed by atoms with Gasteiger partial charge in [0.2, 0.25) is 0 Å². The average molecular weight is 709 g/mol. The van der Waals surface area contributed by atoms with Crippen LogP contribution in [0.2, 0.25) is 91.7 Å². The van der Waals surface area contributed by atoms with E-state index in [1.807, 2.05) is 0 Å². The van der Waals surface area contributed by atoms with E-state index in [1.54, 1.807) is 0 Å². The van der Waals surface area contributed by atoms with Crippen LogP contribution in [-0.2, 0) is 16.5 Å². The molecule has 0 unspecified atom stereocenters. The summed E-state index contributed by atoms with van der Waals surface area (Å²) < 4.78 is 26.6. The van der Waals surface area contributed by atoms with Gasteiger partial charge in [0.05, 0.1) is 0 Å². The van der Waals surface area contributed by atoms with E-state index in [0.29, 0.717) is 11.8 Å². The van der Waals surface area contributed by atoms with Crippen molar-refractivity contribution < 1.29 is 16.5 Å². The highest BCUT2D eigenvalue weighted by Crippen LogP contribution is 2.25. The third-order valence-corrected chi connectivity index (χ3v) is 25.6. The van der Waals surface area contributed by atoms with Crippen molar-refractivity contribution in [3.63, 3.8) is 0 Å². The van der Waals surface area contributed by atoms with E-state index >= 15 is 0 Å². The highest BCUT2D eigenvalue weighted by Gasteiger charge is 2.43. The lowest BCUT2D eigenvalue weighted by atomic mass is 9.98. The SMILES string of the molecule is Cc1cc([Si](C)(O[Si](C)(C)C)O[Si](C)(C)C)ccc1C(C)C.Cc1ccc([Si](C)(O[Si](C)(C)C)O[Si](C)(C)C)cc1C(C)C. The van der Waals surface area contributed by atoms with E-state index in [0.717, 1.165) is 0 Å². The first-order chi connectivity index (χ1) is 19.5. The molecule has 0 bridgehead atoms. The first-order valence-electron chi connectivity index (χ1n) is 16.5. The fraction of sp³-hybridized carbons (Fsp3) is 0.647. The maximum absolute atomic E-state index is 6.65. The summed E-state index contributed by atoms with van der Waals surface area (Å²) in [5.41, 5.74) is 5.54. The van der Waals surface area contributed by atoms with Crippen LogP contribution in [0.5, 0.6) is 0 Å². The zero-order valence-corrected chi connectivity index (χ0v) is 38.3. The molecule has 0 saturated heterocycles. The number of rotatable bonds is 12. The molecule has 0 aliphatic heterocycles. The van der Waals surface area contributed by atoms with Crippen LogP contribution < -0.4 is 10.4 Å². The Labute approximate surface area is 279 Å². The summed E-state index contributed by atoms with van der Waals surface area (Å²) in [5.74, 6) is 1.08. The second-order valence-electron chi connectivity index (χ2n) is 17.2. The number of benzene rings is 2. The average Bonchev–Trinajstić information content (AvgIpc) is 2.74. The van der Waals surface area contributed by atoms with Crippen LogP contribution in [0.25, 0.3) is 0 Å². The number of hydrogen-bond donors (Lipinski definition) is 0. The summed E-state index contributed by atoms with van der Waals surface area (Å²) >= 11 is 0. The molecule has 0 saturated carbocycles.